The highest BCUT2D eigenvalue weighted by atomic mass is 16.5. The summed E-state index contributed by atoms with van der Waals surface area (Å²) in [7, 11) is 0. The first kappa shape index (κ1) is 12.6. The van der Waals surface area contributed by atoms with Crippen LogP contribution in [-0.2, 0) is 4.74 Å². The van der Waals surface area contributed by atoms with Crippen molar-refractivity contribution in [2.24, 2.45) is 0 Å². The van der Waals surface area contributed by atoms with Crippen molar-refractivity contribution in [1.82, 2.24) is 25.6 Å². The van der Waals surface area contributed by atoms with Crippen molar-refractivity contribution in [3.63, 3.8) is 0 Å². The largest absolute Gasteiger partial charge is 0.378 e. The Morgan fingerprint density at radius 1 is 1.58 bits per heavy atom. The summed E-state index contributed by atoms with van der Waals surface area (Å²) in [5, 5.41) is 13.9. The zero-order chi connectivity index (χ0) is 13.1. The zero-order valence-corrected chi connectivity index (χ0v) is 10.8. The highest BCUT2D eigenvalue weighted by molar-refractivity contribution is 5.91. The molecule has 104 valence electrons. The highest BCUT2D eigenvalue weighted by Crippen LogP contribution is 2.14. The quantitative estimate of drug-likeness (QED) is 0.765. The lowest BCUT2D eigenvalue weighted by molar-refractivity contribution is 0.0903. The second kappa shape index (κ2) is 5.66. The fourth-order valence-electron chi connectivity index (χ4n) is 2.33. The van der Waals surface area contributed by atoms with Crippen LogP contribution < -0.4 is 10.6 Å². The fraction of sp³-hybridized carbons (Fsp3) is 0.750. The maximum Gasteiger partial charge on any atom is 0.273 e. The molecule has 1 atom stereocenters. The molecule has 0 spiro atoms. The van der Waals surface area contributed by atoms with Crippen LogP contribution in [0.4, 0.5) is 0 Å². The summed E-state index contributed by atoms with van der Waals surface area (Å²) in [5.74, 6) is -0.156. The predicted octanol–water partition coefficient (Wildman–Crippen LogP) is -0.279. The van der Waals surface area contributed by atoms with E-state index in [1.54, 1.807) is 10.9 Å². The summed E-state index contributed by atoms with van der Waals surface area (Å²) in [6.07, 6.45) is 5.11. The van der Waals surface area contributed by atoms with Crippen LogP contribution in [0, 0.1) is 0 Å². The molecule has 0 saturated carbocycles. The Morgan fingerprint density at radius 2 is 2.47 bits per heavy atom. The molecule has 7 heteroatoms. The van der Waals surface area contributed by atoms with E-state index in [-0.39, 0.29) is 5.91 Å². The predicted molar refractivity (Wildman–Crippen MR) is 67.9 cm³/mol. The number of nitrogens with zero attached hydrogens (tertiary/aromatic N) is 3. The third-order valence-electron chi connectivity index (χ3n) is 3.65. The van der Waals surface area contributed by atoms with E-state index < -0.39 is 0 Å². The summed E-state index contributed by atoms with van der Waals surface area (Å²) in [5.41, 5.74) is 0.388. The Bertz CT molecular complexity index is 437. The van der Waals surface area contributed by atoms with Crippen molar-refractivity contribution >= 4 is 5.91 Å². The van der Waals surface area contributed by atoms with Crippen molar-refractivity contribution in [3.05, 3.63) is 11.9 Å². The molecule has 19 heavy (non-hydrogen) atoms. The number of carbonyl (C=O) groups excluding carboxylic acids is 1. The molecule has 2 saturated heterocycles. The number of amides is 1. The van der Waals surface area contributed by atoms with Crippen molar-refractivity contribution in [2.75, 3.05) is 26.2 Å². The summed E-state index contributed by atoms with van der Waals surface area (Å²) in [6.45, 7) is 3.26. The summed E-state index contributed by atoms with van der Waals surface area (Å²) in [6, 6.07) is 0.334. The number of rotatable bonds is 5. The molecule has 2 N–H and O–H groups in total. The van der Waals surface area contributed by atoms with Crippen LogP contribution in [0.15, 0.2) is 6.20 Å². The maximum absolute atomic E-state index is 11.9. The molecule has 1 unspecified atom stereocenters. The van der Waals surface area contributed by atoms with E-state index in [4.69, 9.17) is 4.74 Å². The third kappa shape index (κ3) is 2.93. The van der Waals surface area contributed by atoms with E-state index in [0.717, 1.165) is 39.0 Å². The second-order valence-electron chi connectivity index (χ2n) is 5.08. The lowest BCUT2D eigenvalue weighted by Crippen LogP contribution is -2.43. The molecule has 3 heterocycles. The van der Waals surface area contributed by atoms with E-state index >= 15 is 0 Å². The molecule has 1 aromatic rings. The van der Waals surface area contributed by atoms with Crippen molar-refractivity contribution < 1.29 is 9.53 Å². The van der Waals surface area contributed by atoms with Gasteiger partial charge in [0.05, 0.1) is 18.3 Å². The lowest BCUT2D eigenvalue weighted by Gasteiger charge is -2.26. The molecule has 1 aromatic heterocycles. The molecule has 1 amide bonds. The molecule has 0 aliphatic carbocycles. The Kier molecular flexibility index (Phi) is 3.74. The molecule has 3 rings (SSSR count). The normalized spacial score (nSPS) is 23.3. The maximum atomic E-state index is 11.9. The first-order chi connectivity index (χ1) is 9.33. The van der Waals surface area contributed by atoms with Gasteiger partial charge in [-0.15, -0.1) is 5.10 Å². The van der Waals surface area contributed by atoms with Gasteiger partial charge in [-0.2, -0.15) is 0 Å². The summed E-state index contributed by atoms with van der Waals surface area (Å²) in [4.78, 5) is 11.9. The van der Waals surface area contributed by atoms with Gasteiger partial charge in [0, 0.05) is 26.2 Å². The standard InChI is InChI=1S/C12H19N5O2/c18-12(14-4-3-10-2-1-5-19-10)11-8-17(16-15-11)9-6-13-7-9/h8-10,13H,1-7H2,(H,14,18). The van der Waals surface area contributed by atoms with Crippen LogP contribution in [0.2, 0.25) is 0 Å². The molecule has 7 nitrogen and oxygen atoms in total. The van der Waals surface area contributed by atoms with E-state index in [9.17, 15) is 4.79 Å². The molecule has 2 fully saturated rings. The number of hydrogen-bond acceptors (Lipinski definition) is 5. The summed E-state index contributed by atoms with van der Waals surface area (Å²) >= 11 is 0. The van der Waals surface area contributed by atoms with Gasteiger partial charge in [-0.05, 0) is 19.3 Å². The summed E-state index contributed by atoms with van der Waals surface area (Å²) < 4.78 is 7.26. The molecule has 2 aliphatic rings. The lowest BCUT2D eigenvalue weighted by atomic mass is 10.2. The SMILES string of the molecule is O=C(NCCC1CCCO1)c1cn(C2CNC2)nn1. The van der Waals surface area contributed by atoms with E-state index in [1.807, 2.05) is 0 Å². The van der Waals surface area contributed by atoms with Gasteiger partial charge >= 0.3 is 0 Å². The molecule has 2 aliphatic heterocycles. The number of aromatic nitrogens is 3. The van der Waals surface area contributed by atoms with Crippen LogP contribution in [-0.4, -0.2) is 53.2 Å². The van der Waals surface area contributed by atoms with Crippen LogP contribution in [0.3, 0.4) is 0 Å². The van der Waals surface area contributed by atoms with Crippen molar-refractivity contribution in [3.8, 4) is 0 Å². The van der Waals surface area contributed by atoms with Crippen molar-refractivity contribution in [1.29, 1.82) is 0 Å². The first-order valence-corrected chi connectivity index (χ1v) is 6.85. The number of nitrogens with one attached hydrogen (secondary N) is 2. The number of ether oxygens (including phenoxy) is 1. The molecule has 0 radical (unpaired) electrons. The Balaban J connectivity index is 1.45. The van der Waals surface area contributed by atoms with Crippen LogP contribution in [0.5, 0.6) is 0 Å². The van der Waals surface area contributed by atoms with E-state index in [0.29, 0.717) is 24.4 Å². The molecular formula is C12H19N5O2. The first-order valence-electron chi connectivity index (χ1n) is 6.85. The van der Waals surface area contributed by atoms with Gasteiger partial charge in [-0.3, -0.25) is 4.79 Å². The van der Waals surface area contributed by atoms with Crippen LogP contribution >= 0.6 is 0 Å². The van der Waals surface area contributed by atoms with Gasteiger partial charge in [0.1, 0.15) is 0 Å². The minimum absolute atomic E-state index is 0.156. The Labute approximate surface area is 111 Å². The average Bonchev–Trinajstić information content (AvgIpc) is 2.97. The fourth-order valence-corrected chi connectivity index (χ4v) is 2.33. The number of hydrogen-bond donors (Lipinski definition) is 2. The number of carbonyl (C=O) groups is 1. The molecular weight excluding hydrogens is 246 g/mol. The molecule has 0 bridgehead atoms. The van der Waals surface area contributed by atoms with Crippen LogP contribution in [0.25, 0.3) is 0 Å². The molecule has 0 aromatic carbocycles. The van der Waals surface area contributed by atoms with Crippen molar-refractivity contribution in [2.45, 2.75) is 31.4 Å². The minimum Gasteiger partial charge on any atom is -0.378 e. The minimum atomic E-state index is -0.156. The van der Waals surface area contributed by atoms with E-state index in [2.05, 4.69) is 20.9 Å². The Morgan fingerprint density at radius 3 is 3.16 bits per heavy atom. The van der Waals surface area contributed by atoms with Gasteiger partial charge in [-0.25, -0.2) is 4.68 Å². The Hall–Kier alpha value is -1.47. The van der Waals surface area contributed by atoms with Gasteiger partial charge < -0.3 is 15.4 Å². The smallest absolute Gasteiger partial charge is 0.273 e. The van der Waals surface area contributed by atoms with Gasteiger partial charge in [-0.1, -0.05) is 5.21 Å². The third-order valence-corrected chi connectivity index (χ3v) is 3.65. The highest BCUT2D eigenvalue weighted by Gasteiger charge is 2.22. The van der Waals surface area contributed by atoms with E-state index in [1.165, 1.54) is 0 Å². The second-order valence-corrected chi connectivity index (χ2v) is 5.08. The van der Waals surface area contributed by atoms with Gasteiger partial charge in [0.15, 0.2) is 5.69 Å². The monoisotopic (exact) mass is 265 g/mol. The average molecular weight is 265 g/mol. The van der Waals surface area contributed by atoms with Gasteiger partial charge in [0.25, 0.3) is 5.91 Å². The zero-order valence-electron chi connectivity index (χ0n) is 10.8. The topological polar surface area (TPSA) is 81.1 Å². The van der Waals surface area contributed by atoms with Crippen LogP contribution in [0.1, 0.15) is 35.8 Å². The van der Waals surface area contributed by atoms with Gasteiger partial charge in [0.2, 0.25) is 0 Å².